The molecule has 8 nitrogen and oxygen atoms in total. The predicted molar refractivity (Wildman–Crippen MR) is 85.6 cm³/mol. The molecule has 0 bridgehead atoms. The van der Waals surface area contributed by atoms with Gasteiger partial charge in [-0.1, -0.05) is 0 Å². The maximum Gasteiger partial charge on any atom is 0.316 e. The van der Waals surface area contributed by atoms with Gasteiger partial charge in [-0.15, -0.1) is 0 Å². The minimum Gasteiger partial charge on any atom is -0.457 e. The molecule has 2 aliphatic rings. The summed E-state index contributed by atoms with van der Waals surface area (Å²) in [5, 5.41) is 4.31. The van der Waals surface area contributed by atoms with Crippen molar-refractivity contribution in [1.82, 2.24) is 24.1 Å². The Bertz CT molecular complexity index is 845. The fourth-order valence-corrected chi connectivity index (χ4v) is 4.86. The van der Waals surface area contributed by atoms with Crippen LogP contribution in [0.1, 0.15) is 29.8 Å². The van der Waals surface area contributed by atoms with Crippen molar-refractivity contribution in [2.75, 3.05) is 6.54 Å². The van der Waals surface area contributed by atoms with Crippen molar-refractivity contribution < 1.29 is 13.2 Å². The number of hydrogen-bond donors (Lipinski definition) is 0. The molecule has 128 valence electrons. The Morgan fingerprint density at radius 2 is 2.04 bits per heavy atom. The second-order valence-corrected chi connectivity index (χ2v) is 8.36. The summed E-state index contributed by atoms with van der Waals surface area (Å²) in [7, 11) is -1.29. The highest BCUT2D eigenvalue weighted by Gasteiger charge is 2.41. The molecule has 3 heterocycles. The zero-order valence-electron chi connectivity index (χ0n) is 13.4. The van der Waals surface area contributed by atoms with Crippen LogP contribution < -0.4 is 4.74 Å². The van der Waals surface area contributed by atoms with Crippen LogP contribution in [0.2, 0.25) is 0 Å². The van der Waals surface area contributed by atoms with Gasteiger partial charge in [0.25, 0.3) is 0 Å². The smallest absolute Gasteiger partial charge is 0.316 e. The fraction of sp³-hybridized carbons (Fsp3) is 0.533. The van der Waals surface area contributed by atoms with Crippen LogP contribution in [0.5, 0.6) is 6.01 Å². The SMILES string of the molecule is Cn1nc(COc2ncccn2)c2c1CCN(S(=O)(=O)C1CC1)C2. The van der Waals surface area contributed by atoms with Crippen LogP contribution in [-0.2, 0) is 36.6 Å². The Hall–Kier alpha value is -2.00. The normalized spacial score (nSPS) is 18.4. The number of ether oxygens (including phenoxy) is 1. The highest BCUT2D eigenvalue weighted by Crippen LogP contribution is 2.34. The van der Waals surface area contributed by atoms with Gasteiger partial charge in [0.15, 0.2) is 0 Å². The van der Waals surface area contributed by atoms with Crippen LogP contribution in [0.3, 0.4) is 0 Å². The predicted octanol–water partition coefficient (Wildman–Crippen LogP) is 0.639. The molecule has 2 aromatic heterocycles. The number of fused-ring (bicyclic) bond motifs is 1. The van der Waals surface area contributed by atoms with Crippen LogP contribution in [0.25, 0.3) is 0 Å². The molecule has 1 fully saturated rings. The average molecular weight is 349 g/mol. The first-order chi connectivity index (χ1) is 11.6. The van der Waals surface area contributed by atoms with E-state index in [0.29, 0.717) is 19.5 Å². The molecule has 9 heteroatoms. The first-order valence-corrected chi connectivity index (χ1v) is 9.48. The van der Waals surface area contributed by atoms with Crippen molar-refractivity contribution >= 4 is 10.0 Å². The Morgan fingerprint density at radius 1 is 1.29 bits per heavy atom. The number of nitrogens with zero attached hydrogens (tertiary/aromatic N) is 5. The zero-order chi connectivity index (χ0) is 16.7. The van der Waals surface area contributed by atoms with Crippen LogP contribution in [-0.4, -0.2) is 44.3 Å². The maximum absolute atomic E-state index is 12.5. The van der Waals surface area contributed by atoms with E-state index in [1.54, 1.807) is 22.8 Å². The molecule has 0 spiro atoms. The van der Waals surface area contributed by atoms with Crippen molar-refractivity contribution in [3.05, 3.63) is 35.4 Å². The van der Waals surface area contributed by atoms with Crippen molar-refractivity contribution in [1.29, 1.82) is 0 Å². The van der Waals surface area contributed by atoms with Crippen LogP contribution in [0, 0.1) is 0 Å². The summed E-state index contributed by atoms with van der Waals surface area (Å²) >= 11 is 0. The van der Waals surface area contributed by atoms with Crippen molar-refractivity contribution in [3.8, 4) is 6.01 Å². The van der Waals surface area contributed by atoms with E-state index in [2.05, 4.69) is 15.1 Å². The van der Waals surface area contributed by atoms with Crippen LogP contribution in [0.4, 0.5) is 0 Å². The third kappa shape index (κ3) is 2.78. The number of aryl methyl sites for hydroxylation is 1. The number of rotatable bonds is 5. The van der Waals surface area contributed by atoms with E-state index in [0.717, 1.165) is 29.8 Å². The second-order valence-electron chi connectivity index (χ2n) is 6.14. The fourth-order valence-electron chi connectivity index (χ4n) is 3.05. The number of sulfonamides is 1. The van der Waals surface area contributed by atoms with E-state index >= 15 is 0 Å². The minimum absolute atomic E-state index is 0.187. The van der Waals surface area contributed by atoms with E-state index in [1.807, 2.05) is 11.7 Å². The van der Waals surface area contributed by atoms with Gasteiger partial charge in [-0.2, -0.15) is 9.40 Å². The van der Waals surface area contributed by atoms with E-state index in [9.17, 15) is 8.42 Å². The second kappa shape index (κ2) is 5.82. The van der Waals surface area contributed by atoms with Gasteiger partial charge < -0.3 is 4.74 Å². The monoisotopic (exact) mass is 349 g/mol. The standard InChI is InChI=1S/C15H19N5O3S/c1-19-14-5-8-20(24(21,22)11-3-4-11)9-12(14)13(18-19)10-23-15-16-6-2-7-17-15/h2,6-7,11H,3-5,8-10H2,1H3. The number of aromatic nitrogens is 4. The summed E-state index contributed by atoms with van der Waals surface area (Å²) in [6, 6.07) is 2.01. The summed E-state index contributed by atoms with van der Waals surface area (Å²) in [4.78, 5) is 8.05. The van der Waals surface area contributed by atoms with Crippen molar-refractivity contribution in [2.45, 2.75) is 37.7 Å². The lowest BCUT2D eigenvalue weighted by Gasteiger charge is -2.27. The highest BCUT2D eigenvalue weighted by atomic mass is 32.2. The Kier molecular flexibility index (Phi) is 3.76. The van der Waals surface area contributed by atoms with Gasteiger partial charge in [0.2, 0.25) is 10.0 Å². The third-order valence-electron chi connectivity index (χ3n) is 4.48. The number of hydrogen-bond acceptors (Lipinski definition) is 6. The first-order valence-electron chi connectivity index (χ1n) is 7.98. The maximum atomic E-state index is 12.5. The molecule has 1 aliphatic heterocycles. The molecule has 0 radical (unpaired) electrons. The molecule has 1 aliphatic carbocycles. The summed E-state index contributed by atoms with van der Waals surface area (Å²) in [6.07, 6.45) is 5.45. The molecule has 24 heavy (non-hydrogen) atoms. The quantitative estimate of drug-likeness (QED) is 0.787. The molecule has 0 N–H and O–H groups in total. The van der Waals surface area contributed by atoms with Gasteiger partial charge in [0.05, 0.1) is 5.25 Å². The molecule has 0 aromatic carbocycles. The molecule has 0 saturated heterocycles. The largest absolute Gasteiger partial charge is 0.457 e. The summed E-state index contributed by atoms with van der Waals surface area (Å²) < 4.78 is 34.0. The molecule has 4 rings (SSSR count). The Labute approximate surface area is 140 Å². The van der Waals surface area contributed by atoms with Crippen molar-refractivity contribution in [2.24, 2.45) is 7.05 Å². The molecular weight excluding hydrogens is 330 g/mol. The van der Waals surface area contributed by atoms with Gasteiger partial charge in [-0.25, -0.2) is 18.4 Å². The van der Waals surface area contributed by atoms with E-state index < -0.39 is 10.0 Å². The summed E-state index contributed by atoms with van der Waals surface area (Å²) in [5.41, 5.74) is 2.77. The van der Waals surface area contributed by atoms with Crippen LogP contribution >= 0.6 is 0 Å². The molecule has 0 atom stereocenters. The van der Waals surface area contributed by atoms with E-state index in [4.69, 9.17) is 4.74 Å². The molecule has 0 unspecified atom stereocenters. The highest BCUT2D eigenvalue weighted by molar-refractivity contribution is 7.90. The van der Waals surface area contributed by atoms with Gasteiger partial charge in [0, 0.05) is 50.2 Å². The Balaban J connectivity index is 1.55. The lowest BCUT2D eigenvalue weighted by molar-refractivity contribution is 0.272. The third-order valence-corrected chi connectivity index (χ3v) is 6.82. The lowest BCUT2D eigenvalue weighted by atomic mass is 10.1. The molecular formula is C15H19N5O3S. The lowest BCUT2D eigenvalue weighted by Crippen LogP contribution is -2.38. The minimum atomic E-state index is -3.18. The topological polar surface area (TPSA) is 90.2 Å². The van der Waals surface area contributed by atoms with Gasteiger partial charge >= 0.3 is 6.01 Å². The van der Waals surface area contributed by atoms with E-state index in [1.165, 1.54) is 0 Å². The van der Waals surface area contributed by atoms with Crippen LogP contribution in [0.15, 0.2) is 18.5 Å². The van der Waals surface area contributed by atoms with Gasteiger partial charge in [-0.3, -0.25) is 4.68 Å². The van der Waals surface area contributed by atoms with Gasteiger partial charge in [0.1, 0.15) is 12.3 Å². The van der Waals surface area contributed by atoms with Gasteiger partial charge in [-0.05, 0) is 18.9 Å². The average Bonchev–Trinajstić information content (AvgIpc) is 3.40. The summed E-state index contributed by atoms with van der Waals surface area (Å²) in [5.74, 6) is 0. The Morgan fingerprint density at radius 3 is 2.75 bits per heavy atom. The summed E-state index contributed by atoms with van der Waals surface area (Å²) in [6.45, 7) is 1.12. The molecule has 0 amide bonds. The molecule has 1 saturated carbocycles. The van der Waals surface area contributed by atoms with Crippen molar-refractivity contribution in [3.63, 3.8) is 0 Å². The molecule has 2 aromatic rings. The zero-order valence-corrected chi connectivity index (χ0v) is 14.2. The first kappa shape index (κ1) is 15.5. The van der Waals surface area contributed by atoms with E-state index in [-0.39, 0.29) is 17.9 Å².